The fourth-order valence-electron chi connectivity index (χ4n) is 0.675. The molecular weight excluding hydrogens is 216 g/mol. The van der Waals surface area contributed by atoms with Gasteiger partial charge in [0.1, 0.15) is 13.2 Å². The number of esters is 2. The van der Waals surface area contributed by atoms with Gasteiger partial charge in [0.2, 0.25) is 0 Å². The number of carbonyl (C=O) groups excluding carboxylic acids is 2. The Labute approximate surface area is 92.8 Å². The van der Waals surface area contributed by atoms with Crippen molar-refractivity contribution in [1.29, 1.82) is 0 Å². The van der Waals surface area contributed by atoms with E-state index in [4.69, 9.17) is 5.11 Å². The van der Waals surface area contributed by atoms with Gasteiger partial charge in [0.15, 0.2) is 0 Å². The first kappa shape index (κ1) is 14.2. The van der Waals surface area contributed by atoms with E-state index in [-0.39, 0.29) is 31.6 Å². The molecule has 0 saturated carbocycles. The second-order valence-corrected chi connectivity index (χ2v) is 3.03. The van der Waals surface area contributed by atoms with Crippen molar-refractivity contribution in [3.8, 4) is 0 Å². The highest BCUT2D eigenvalue weighted by Gasteiger charge is 2.07. The van der Waals surface area contributed by atoms with Crippen LogP contribution in [0.25, 0.3) is 0 Å². The molecule has 0 amide bonds. The standard InChI is InChI=1S/C10H14O6/c1-7(2)10(14)16-6-4-9(13)15-5-3-8(11)12/h1,3-6H2,2H3,(H,11,12). The monoisotopic (exact) mass is 230 g/mol. The van der Waals surface area contributed by atoms with Gasteiger partial charge in [-0.15, -0.1) is 0 Å². The third-order valence-corrected chi connectivity index (χ3v) is 1.47. The second kappa shape index (κ2) is 7.44. The molecule has 0 aliphatic carbocycles. The van der Waals surface area contributed by atoms with Crippen LogP contribution >= 0.6 is 0 Å². The predicted octanol–water partition coefficient (Wildman–Crippen LogP) is 0.514. The zero-order valence-corrected chi connectivity index (χ0v) is 9.02. The van der Waals surface area contributed by atoms with Gasteiger partial charge in [0.25, 0.3) is 0 Å². The predicted molar refractivity (Wildman–Crippen MR) is 53.6 cm³/mol. The Kier molecular flexibility index (Phi) is 6.58. The molecule has 0 aromatic heterocycles. The van der Waals surface area contributed by atoms with E-state index in [2.05, 4.69) is 16.1 Å². The van der Waals surface area contributed by atoms with Crippen LogP contribution in [0.5, 0.6) is 0 Å². The normalized spacial score (nSPS) is 9.31. The van der Waals surface area contributed by atoms with Gasteiger partial charge in [0.05, 0.1) is 12.8 Å². The molecule has 0 rings (SSSR count). The smallest absolute Gasteiger partial charge is 0.333 e. The molecule has 0 fully saturated rings. The van der Waals surface area contributed by atoms with Crippen LogP contribution in [0.1, 0.15) is 19.8 Å². The van der Waals surface area contributed by atoms with Crippen LogP contribution in [0.4, 0.5) is 0 Å². The minimum absolute atomic E-state index is 0.0986. The van der Waals surface area contributed by atoms with Crippen LogP contribution < -0.4 is 0 Å². The quantitative estimate of drug-likeness (QED) is 0.506. The summed E-state index contributed by atoms with van der Waals surface area (Å²) in [5, 5.41) is 8.27. The van der Waals surface area contributed by atoms with Crippen molar-refractivity contribution in [1.82, 2.24) is 0 Å². The summed E-state index contributed by atoms with van der Waals surface area (Å²) < 4.78 is 9.21. The minimum Gasteiger partial charge on any atom is -0.481 e. The number of rotatable bonds is 7. The lowest BCUT2D eigenvalue weighted by Crippen LogP contribution is -2.13. The summed E-state index contributed by atoms with van der Waals surface area (Å²) in [6.45, 7) is 4.58. The number of hydrogen-bond acceptors (Lipinski definition) is 5. The molecule has 16 heavy (non-hydrogen) atoms. The lowest BCUT2D eigenvalue weighted by Gasteiger charge is -2.04. The number of ether oxygens (including phenoxy) is 2. The molecule has 6 heteroatoms. The van der Waals surface area contributed by atoms with E-state index >= 15 is 0 Å². The molecule has 0 bridgehead atoms. The zero-order chi connectivity index (χ0) is 12.6. The Morgan fingerprint density at radius 1 is 1.12 bits per heavy atom. The van der Waals surface area contributed by atoms with Crippen molar-refractivity contribution in [3.05, 3.63) is 12.2 Å². The summed E-state index contributed by atoms with van der Waals surface area (Å²) in [6, 6.07) is 0. The maximum atomic E-state index is 10.9. The van der Waals surface area contributed by atoms with Crippen molar-refractivity contribution in [2.75, 3.05) is 13.2 Å². The first-order valence-corrected chi connectivity index (χ1v) is 4.63. The van der Waals surface area contributed by atoms with Crippen LogP contribution in [-0.2, 0) is 23.9 Å². The van der Waals surface area contributed by atoms with Gasteiger partial charge < -0.3 is 14.6 Å². The molecule has 1 N–H and O–H groups in total. The zero-order valence-electron chi connectivity index (χ0n) is 9.02. The number of carboxylic acids is 1. The van der Waals surface area contributed by atoms with Gasteiger partial charge in [-0.2, -0.15) is 0 Å². The van der Waals surface area contributed by atoms with Gasteiger partial charge >= 0.3 is 17.9 Å². The van der Waals surface area contributed by atoms with Crippen molar-refractivity contribution in [2.45, 2.75) is 19.8 Å². The number of aliphatic carboxylic acids is 1. The molecule has 90 valence electrons. The van der Waals surface area contributed by atoms with E-state index in [0.717, 1.165) is 0 Å². The average molecular weight is 230 g/mol. The van der Waals surface area contributed by atoms with E-state index in [9.17, 15) is 14.4 Å². The Hall–Kier alpha value is -1.85. The van der Waals surface area contributed by atoms with E-state index in [0.29, 0.717) is 0 Å². The van der Waals surface area contributed by atoms with Gasteiger partial charge in [-0.3, -0.25) is 9.59 Å². The molecule has 0 aromatic carbocycles. The highest BCUT2D eigenvalue weighted by Crippen LogP contribution is 1.95. The van der Waals surface area contributed by atoms with Crippen molar-refractivity contribution < 1.29 is 29.0 Å². The fraction of sp³-hybridized carbons (Fsp3) is 0.500. The third kappa shape index (κ3) is 7.54. The van der Waals surface area contributed by atoms with E-state index in [1.165, 1.54) is 6.92 Å². The SMILES string of the molecule is C=C(C)C(=O)OCCC(=O)OCCC(=O)O. The molecule has 0 radical (unpaired) electrons. The summed E-state index contributed by atoms with van der Waals surface area (Å²) in [6.07, 6.45) is -0.337. The van der Waals surface area contributed by atoms with Crippen molar-refractivity contribution in [2.24, 2.45) is 0 Å². The average Bonchev–Trinajstić information content (AvgIpc) is 2.16. The number of carbonyl (C=O) groups is 3. The summed E-state index contributed by atoms with van der Waals surface area (Å²) in [4.78, 5) is 31.9. The molecule has 0 unspecified atom stereocenters. The van der Waals surface area contributed by atoms with Gasteiger partial charge in [-0.25, -0.2) is 4.79 Å². The summed E-state index contributed by atoms with van der Waals surface area (Å²) in [5.41, 5.74) is 0.249. The highest BCUT2D eigenvalue weighted by molar-refractivity contribution is 5.87. The van der Waals surface area contributed by atoms with Crippen LogP contribution in [0, 0.1) is 0 Å². The molecular formula is C10H14O6. The third-order valence-electron chi connectivity index (χ3n) is 1.47. The summed E-state index contributed by atoms with van der Waals surface area (Å²) in [7, 11) is 0. The Morgan fingerprint density at radius 2 is 1.69 bits per heavy atom. The Balaban J connectivity index is 3.55. The Morgan fingerprint density at radius 3 is 2.19 bits per heavy atom. The van der Waals surface area contributed by atoms with Crippen molar-refractivity contribution >= 4 is 17.9 Å². The molecule has 0 aliphatic rings. The molecule has 0 atom stereocenters. The molecule has 0 saturated heterocycles. The number of carboxylic acid groups (broad SMARTS) is 1. The maximum Gasteiger partial charge on any atom is 0.333 e. The molecule has 0 aliphatic heterocycles. The highest BCUT2D eigenvalue weighted by atomic mass is 16.5. The van der Waals surface area contributed by atoms with E-state index in [1.807, 2.05) is 0 Å². The molecule has 0 heterocycles. The molecule has 6 nitrogen and oxygen atoms in total. The maximum absolute atomic E-state index is 10.9. The van der Waals surface area contributed by atoms with Crippen LogP contribution in [0.2, 0.25) is 0 Å². The fourth-order valence-corrected chi connectivity index (χ4v) is 0.675. The molecule has 0 spiro atoms. The van der Waals surface area contributed by atoms with Crippen molar-refractivity contribution in [3.63, 3.8) is 0 Å². The van der Waals surface area contributed by atoms with Gasteiger partial charge in [0, 0.05) is 5.57 Å². The van der Waals surface area contributed by atoms with E-state index < -0.39 is 17.9 Å². The largest absolute Gasteiger partial charge is 0.481 e. The first-order chi connectivity index (χ1) is 7.43. The van der Waals surface area contributed by atoms with Gasteiger partial charge in [-0.05, 0) is 6.92 Å². The van der Waals surface area contributed by atoms with Crippen LogP contribution in [0.3, 0.4) is 0 Å². The molecule has 0 aromatic rings. The number of hydrogen-bond donors (Lipinski definition) is 1. The lowest BCUT2D eigenvalue weighted by atomic mass is 10.3. The topological polar surface area (TPSA) is 89.9 Å². The summed E-state index contributed by atoms with van der Waals surface area (Å²) in [5.74, 6) is -2.21. The minimum atomic E-state index is -1.04. The summed E-state index contributed by atoms with van der Waals surface area (Å²) >= 11 is 0. The second-order valence-electron chi connectivity index (χ2n) is 3.03. The first-order valence-electron chi connectivity index (χ1n) is 4.63. The Bertz CT molecular complexity index is 294. The lowest BCUT2D eigenvalue weighted by molar-refractivity contribution is -0.148. The van der Waals surface area contributed by atoms with Crippen LogP contribution in [0.15, 0.2) is 12.2 Å². The van der Waals surface area contributed by atoms with Gasteiger partial charge in [-0.1, -0.05) is 6.58 Å². The van der Waals surface area contributed by atoms with E-state index in [1.54, 1.807) is 0 Å². The van der Waals surface area contributed by atoms with Crippen LogP contribution in [-0.4, -0.2) is 36.2 Å².